The molecule has 0 aliphatic carbocycles. The van der Waals surface area contributed by atoms with Gasteiger partial charge in [-0.3, -0.25) is 0 Å². The van der Waals surface area contributed by atoms with Crippen LogP contribution in [0, 0.1) is 0 Å². The minimum Gasteiger partial charge on any atom is -0.489 e. The Bertz CT molecular complexity index is 762. The largest absolute Gasteiger partial charge is 0.489 e. The molecule has 5 heteroatoms. The van der Waals surface area contributed by atoms with E-state index < -0.39 is 12.7 Å². The number of ether oxygens (including phenoxy) is 1. The molecule has 0 amide bonds. The number of nitrogens with zero attached hydrogens (tertiary/aromatic N) is 1. The quantitative estimate of drug-likeness (QED) is 0.676. The molecule has 3 rings (SSSR count). The van der Waals surface area contributed by atoms with Crippen molar-refractivity contribution in [2.24, 2.45) is 0 Å². The summed E-state index contributed by atoms with van der Waals surface area (Å²) in [5, 5.41) is 0.731. The zero-order valence-corrected chi connectivity index (χ0v) is 11.7. The molecule has 0 aliphatic heterocycles. The average molecular weight is 305 g/mol. The van der Waals surface area contributed by atoms with Gasteiger partial charge in [0.05, 0.1) is 0 Å². The summed E-state index contributed by atoms with van der Waals surface area (Å²) in [4.78, 5) is 0. The second kappa shape index (κ2) is 5.75. The maximum atomic E-state index is 12.5. The van der Waals surface area contributed by atoms with Crippen molar-refractivity contribution >= 4 is 10.9 Å². The third kappa shape index (κ3) is 3.42. The van der Waals surface area contributed by atoms with Gasteiger partial charge < -0.3 is 9.30 Å². The van der Waals surface area contributed by atoms with Gasteiger partial charge in [-0.05, 0) is 29.8 Å². The van der Waals surface area contributed by atoms with Crippen molar-refractivity contribution in [2.75, 3.05) is 0 Å². The third-order valence-electron chi connectivity index (χ3n) is 3.34. The standard InChI is InChI=1S/C17H14F3NO/c18-17(19,20)12-21-9-8-14-10-15(6-7-16(14)21)22-11-13-4-2-1-3-5-13/h1-10H,11-12H2. The summed E-state index contributed by atoms with van der Waals surface area (Å²) < 4.78 is 44.3. The van der Waals surface area contributed by atoms with Crippen molar-refractivity contribution in [1.82, 2.24) is 4.57 Å². The summed E-state index contributed by atoms with van der Waals surface area (Å²) in [6, 6.07) is 16.5. The Morgan fingerprint density at radius 2 is 1.73 bits per heavy atom. The SMILES string of the molecule is FC(F)(F)Cn1ccc2cc(OCc3ccccc3)ccc21. The van der Waals surface area contributed by atoms with Crippen LogP contribution in [0.2, 0.25) is 0 Å². The summed E-state index contributed by atoms with van der Waals surface area (Å²) in [5.41, 5.74) is 1.58. The van der Waals surface area contributed by atoms with Crippen LogP contribution in [0.15, 0.2) is 60.8 Å². The third-order valence-corrected chi connectivity index (χ3v) is 3.34. The Hall–Kier alpha value is -2.43. The summed E-state index contributed by atoms with van der Waals surface area (Å²) in [6.07, 6.45) is -2.78. The molecule has 1 aromatic heterocycles. The number of alkyl halides is 3. The number of hydrogen-bond donors (Lipinski definition) is 0. The average Bonchev–Trinajstić information content (AvgIpc) is 2.87. The monoisotopic (exact) mass is 305 g/mol. The molecule has 3 aromatic rings. The van der Waals surface area contributed by atoms with E-state index in [4.69, 9.17) is 4.74 Å². The Kier molecular flexibility index (Phi) is 3.79. The zero-order valence-electron chi connectivity index (χ0n) is 11.7. The van der Waals surface area contributed by atoms with Gasteiger partial charge in [-0.25, -0.2) is 0 Å². The summed E-state index contributed by atoms with van der Waals surface area (Å²) in [5.74, 6) is 0.640. The van der Waals surface area contributed by atoms with Crippen molar-refractivity contribution in [1.29, 1.82) is 0 Å². The van der Waals surface area contributed by atoms with E-state index in [0.717, 1.165) is 10.9 Å². The Labute approximate surface area is 125 Å². The minimum atomic E-state index is -4.23. The lowest BCUT2D eigenvalue weighted by Crippen LogP contribution is -2.16. The fourth-order valence-corrected chi connectivity index (χ4v) is 2.34. The molecule has 0 aliphatic rings. The number of hydrogen-bond acceptors (Lipinski definition) is 1. The van der Waals surface area contributed by atoms with Crippen LogP contribution < -0.4 is 4.74 Å². The molecule has 2 aromatic carbocycles. The smallest absolute Gasteiger partial charge is 0.406 e. The highest BCUT2D eigenvalue weighted by molar-refractivity contribution is 5.81. The molecule has 1 heterocycles. The number of benzene rings is 2. The number of fused-ring (bicyclic) bond motifs is 1. The number of rotatable bonds is 4. The minimum absolute atomic E-state index is 0.426. The van der Waals surface area contributed by atoms with Crippen LogP contribution >= 0.6 is 0 Å². The highest BCUT2D eigenvalue weighted by Crippen LogP contribution is 2.26. The Morgan fingerprint density at radius 3 is 2.45 bits per heavy atom. The van der Waals surface area contributed by atoms with Crippen LogP contribution in [0.4, 0.5) is 13.2 Å². The van der Waals surface area contributed by atoms with Crippen molar-refractivity contribution in [2.45, 2.75) is 19.3 Å². The van der Waals surface area contributed by atoms with E-state index in [1.165, 1.54) is 10.8 Å². The van der Waals surface area contributed by atoms with Gasteiger partial charge in [0.15, 0.2) is 0 Å². The van der Waals surface area contributed by atoms with E-state index in [1.54, 1.807) is 24.3 Å². The van der Waals surface area contributed by atoms with Crippen LogP contribution in [0.3, 0.4) is 0 Å². The second-order valence-electron chi connectivity index (χ2n) is 5.05. The molecular weight excluding hydrogens is 291 g/mol. The molecule has 0 bridgehead atoms. The maximum Gasteiger partial charge on any atom is 0.406 e. The van der Waals surface area contributed by atoms with Gasteiger partial charge in [0.1, 0.15) is 18.9 Å². The highest BCUT2D eigenvalue weighted by atomic mass is 19.4. The molecule has 114 valence electrons. The predicted molar refractivity (Wildman–Crippen MR) is 78.8 cm³/mol. The number of aromatic nitrogens is 1. The van der Waals surface area contributed by atoms with Crippen LogP contribution in [0.25, 0.3) is 10.9 Å². The topological polar surface area (TPSA) is 14.2 Å². The first-order valence-electron chi connectivity index (χ1n) is 6.84. The van der Waals surface area contributed by atoms with Crippen LogP contribution in [-0.2, 0) is 13.2 Å². The fraction of sp³-hybridized carbons (Fsp3) is 0.176. The molecule has 0 atom stereocenters. The van der Waals surface area contributed by atoms with Crippen LogP contribution in [0.5, 0.6) is 5.75 Å². The van der Waals surface area contributed by atoms with Crippen molar-refractivity contribution < 1.29 is 17.9 Å². The Morgan fingerprint density at radius 1 is 0.955 bits per heavy atom. The molecule has 0 spiro atoms. The Balaban J connectivity index is 1.76. The molecular formula is C17H14F3NO. The van der Waals surface area contributed by atoms with Gasteiger partial charge in [0, 0.05) is 17.1 Å². The lowest BCUT2D eigenvalue weighted by molar-refractivity contribution is -0.139. The predicted octanol–water partition coefficient (Wildman–Crippen LogP) is 4.78. The van der Waals surface area contributed by atoms with E-state index in [2.05, 4.69) is 0 Å². The number of halogens is 3. The van der Waals surface area contributed by atoms with E-state index in [1.807, 2.05) is 30.3 Å². The van der Waals surface area contributed by atoms with Crippen molar-refractivity contribution in [3.8, 4) is 5.75 Å². The zero-order chi connectivity index (χ0) is 15.6. The first kappa shape index (κ1) is 14.5. The summed E-state index contributed by atoms with van der Waals surface area (Å²) in [6.45, 7) is -0.559. The van der Waals surface area contributed by atoms with Gasteiger partial charge in [-0.1, -0.05) is 30.3 Å². The normalized spacial score (nSPS) is 11.8. The van der Waals surface area contributed by atoms with Gasteiger partial charge in [-0.15, -0.1) is 0 Å². The van der Waals surface area contributed by atoms with E-state index in [9.17, 15) is 13.2 Å². The van der Waals surface area contributed by atoms with E-state index in [0.29, 0.717) is 17.9 Å². The lowest BCUT2D eigenvalue weighted by Gasteiger charge is -2.10. The molecule has 0 unspecified atom stereocenters. The van der Waals surface area contributed by atoms with Gasteiger partial charge in [0.25, 0.3) is 0 Å². The molecule has 22 heavy (non-hydrogen) atoms. The maximum absolute atomic E-state index is 12.5. The molecule has 0 fully saturated rings. The first-order valence-corrected chi connectivity index (χ1v) is 6.84. The fourth-order valence-electron chi connectivity index (χ4n) is 2.34. The summed E-state index contributed by atoms with van der Waals surface area (Å²) in [7, 11) is 0. The second-order valence-corrected chi connectivity index (χ2v) is 5.05. The molecule has 0 N–H and O–H groups in total. The first-order chi connectivity index (χ1) is 10.5. The molecule has 0 radical (unpaired) electrons. The molecule has 2 nitrogen and oxygen atoms in total. The van der Waals surface area contributed by atoms with E-state index >= 15 is 0 Å². The van der Waals surface area contributed by atoms with Gasteiger partial charge in [-0.2, -0.15) is 13.2 Å². The lowest BCUT2D eigenvalue weighted by atomic mass is 10.2. The molecule has 0 saturated carbocycles. The van der Waals surface area contributed by atoms with Crippen molar-refractivity contribution in [3.05, 3.63) is 66.4 Å². The van der Waals surface area contributed by atoms with Crippen molar-refractivity contribution in [3.63, 3.8) is 0 Å². The van der Waals surface area contributed by atoms with Gasteiger partial charge >= 0.3 is 6.18 Å². The van der Waals surface area contributed by atoms with Gasteiger partial charge in [0.2, 0.25) is 0 Å². The van der Waals surface area contributed by atoms with Crippen LogP contribution in [0.1, 0.15) is 5.56 Å². The highest BCUT2D eigenvalue weighted by Gasteiger charge is 2.28. The van der Waals surface area contributed by atoms with E-state index in [-0.39, 0.29) is 0 Å². The van der Waals surface area contributed by atoms with Crippen LogP contribution in [-0.4, -0.2) is 10.7 Å². The molecule has 0 saturated heterocycles. The summed E-state index contributed by atoms with van der Waals surface area (Å²) >= 11 is 0.